The van der Waals surface area contributed by atoms with Gasteiger partial charge in [0, 0.05) is 17.5 Å². The van der Waals surface area contributed by atoms with E-state index in [1.807, 2.05) is 6.07 Å². The van der Waals surface area contributed by atoms with Crippen molar-refractivity contribution in [3.63, 3.8) is 0 Å². The second-order valence-electron chi connectivity index (χ2n) is 7.48. The Hall–Kier alpha value is -1.52. The maximum absolute atomic E-state index is 10.5. The first-order valence-corrected chi connectivity index (χ1v) is 8.02. The van der Waals surface area contributed by atoms with Gasteiger partial charge in [-0.2, -0.15) is 0 Å². The van der Waals surface area contributed by atoms with Crippen LogP contribution in [0.5, 0.6) is 11.5 Å². The lowest BCUT2D eigenvalue weighted by Gasteiger charge is -2.37. The molecule has 0 saturated heterocycles. The molecule has 1 spiro atoms. The molecule has 22 heavy (non-hydrogen) atoms. The molecule has 0 bridgehead atoms. The van der Waals surface area contributed by atoms with E-state index in [1.165, 1.54) is 11.1 Å². The zero-order chi connectivity index (χ0) is 15.5. The first kappa shape index (κ1) is 14.1. The molecule has 1 aromatic rings. The molecule has 0 unspecified atom stereocenters. The minimum atomic E-state index is -0.455. The molecule has 3 atom stereocenters. The molecule has 0 amide bonds. The van der Waals surface area contributed by atoms with Crippen LogP contribution in [0.2, 0.25) is 0 Å². The van der Waals surface area contributed by atoms with Gasteiger partial charge in [0.05, 0.1) is 39.3 Å². The number of ether oxygens (including phenoxy) is 2. The van der Waals surface area contributed by atoms with Gasteiger partial charge in [0.1, 0.15) is 12.6 Å². The SMILES string of the molecule is COc1ccc2c3c1O[C@@H]1[C@H](O)CC=C[C@]31CC[N+](C)(C)C2. The van der Waals surface area contributed by atoms with Gasteiger partial charge in [-0.1, -0.05) is 12.2 Å². The molecule has 4 nitrogen and oxygen atoms in total. The average molecular weight is 302 g/mol. The Morgan fingerprint density at radius 3 is 2.95 bits per heavy atom. The molecule has 0 radical (unpaired) electrons. The summed E-state index contributed by atoms with van der Waals surface area (Å²) in [7, 11) is 6.22. The fourth-order valence-corrected chi connectivity index (χ4v) is 4.42. The maximum atomic E-state index is 10.5. The van der Waals surface area contributed by atoms with E-state index in [-0.39, 0.29) is 11.5 Å². The van der Waals surface area contributed by atoms with Crippen LogP contribution in [-0.4, -0.2) is 49.5 Å². The second kappa shape index (κ2) is 4.49. The quantitative estimate of drug-likeness (QED) is 0.637. The van der Waals surface area contributed by atoms with E-state index in [0.717, 1.165) is 35.5 Å². The van der Waals surface area contributed by atoms with Crippen molar-refractivity contribution in [3.05, 3.63) is 35.4 Å². The van der Waals surface area contributed by atoms with Gasteiger partial charge in [-0.3, -0.25) is 0 Å². The van der Waals surface area contributed by atoms with Crippen LogP contribution in [0.3, 0.4) is 0 Å². The van der Waals surface area contributed by atoms with Gasteiger partial charge in [-0.05, 0) is 18.6 Å². The number of aliphatic hydroxyl groups excluding tert-OH is 1. The van der Waals surface area contributed by atoms with Crippen molar-refractivity contribution in [2.75, 3.05) is 27.7 Å². The van der Waals surface area contributed by atoms with Gasteiger partial charge in [-0.25, -0.2) is 0 Å². The van der Waals surface area contributed by atoms with Crippen molar-refractivity contribution in [2.24, 2.45) is 0 Å². The van der Waals surface area contributed by atoms with Crippen LogP contribution in [-0.2, 0) is 12.0 Å². The van der Waals surface area contributed by atoms with E-state index in [0.29, 0.717) is 6.42 Å². The third-order valence-electron chi connectivity index (χ3n) is 5.52. The van der Waals surface area contributed by atoms with E-state index in [9.17, 15) is 5.11 Å². The number of nitrogens with zero attached hydrogens (tertiary/aromatic N) is 1. The molecule has 0 fully saturated rings. The second-order valence-corrected chi connectivity index (χ2v) is 7.48. The highest BCUT2D eigenvalue weighted by molar-refractivity contribution is 5.60. The molecular formula is C18H24NO3+. The van der Waals surface area contributed by atoms with Gasteiger partial charge < -0.3 is 19.1 Å². The highest BCUT2D eigenvalue weighted by Crippen LogP contribution is 2.56. The Labute approximate surface area is 131 Å². The van der Waals surface area contributed by atoms with Gasteiger partial charge in [0.2, 0.25) is 0 Å². The normalized spacial score (nSPS) is 34.4. The first-order chi connectivity index (χ1) is 10.5. The third kappa shape index (κ3) is 1.77. The fourth-order valence-electron chi connectivity index (χ4n) is 4.42. The molecule has 1 aliphatic carbocycles. The number of rotatable bonds is 1. The largest absolute Gasteiger partial charge is 0.493 e. The fraction of sp³-hybridized carbons (Fsp3) is 0.556. The lowest BCUT2D eigenvalue weighted by atomic mass is 9.68. The molecule has 2 aliphatic heterocycles. The van der Waals surface area contributed by atoms with E-state index < -0.39 is 6.10 Å². The summed E-state index contributed by atoms with van der Waals surface area (Å²) in [6.07, 6.45) is 5.41. The molecule has 3 aliphatic rings. The summed E-state index contributed by atoms with van der Waals surface area (Å²) >= 11 is 0. The smallest absolute Gasteiger partial charge is 0.166 e. The summed E-state index contributed by atoms with van der Waals surface area (Å²) in [5.41, 5.74) is 2.36. The Bertz CT molecular complexity index is 652. The molecule has 4 rings (SSSR count). The van der Waals surface area contributed by atoms with E-state index >= 15 is 0 Å². The van der Waals surface area contributed by atoms with Crippen molar-refractivity contribution in [3.8, 4) is 11.5 Å². The van der Waals surface area contributed by atoms with Gasteiger partial charge in [0.25, 0.3) is 0 Å². The van der Waals surface area contributed by atoms with Crippen molar-refractivity contribution >= 4 is 0 Å². The number of hydrogen-bond donors (Lipinski definition) is 1. The maximum Gasteiger partial charge on any atom is 0.166 e. The summed E-state index contributed by atoms with van der Waals surface area (Å²) in [5, 5.41) is 10.5. The zero-order valence-corrected chi connectivity index (χ0v) is 13.5. The van der Waals surface area contributed by atoms with Crippen molar-refractivity contribution < 1.29 is 19.1 Å². The lowest BCUT2D eigenvalue weighted by Crippen LogP contribution is -2.48. The van der Waals surface area contributed by atoms with Gasteiger partial charge in [-0.15, -0.1) is 0 Å². The highest BCUT2D eigenvalue weighted by atomic mass is 16.5. The van der Waals surface area contributed by atoms with Crippen LogP contribution >= 0.6 is 0 Å². The van der Waals surface area contributed by atoms with Crippen molar-refractivity contribution in [1.29, 1.82) is 0 Å². The number of hydrogen-bond acceptors (Lipinski definition) is 3. The molecule has 118 valence electrons. The minimum absolute atomic E-state index is 0.194. The Morgan fingerprint density at radius 2 is 2.18 bits per heavy atom. The molecule has 1 aromatic carbocycles. The minimum Gasteiger partial charge on any atom is -0.493 e. The van der Waals surface area contributed by atoms with E-state index in [4.69, 9.17) is 9.47 Å². The van der Waals surface area contributed by atoms with Crippen LogP contribution in [0.4, 0.5) is 0 Å². The number of aliphatic hydroxyl groups is 1. The van der Waals surface area contributed by atoms with Crippen molar-refractivity contribution in [1.82, 2.24) is 0 Å². The molecular weight excluding hydrogens is 278 g/mol. The molecule has 0 saturated carbocycles. The molecule has 2 heterocycles. The third-order valence-corrected chi connectivity index (χ3v) is 5.52. The summed E-state index contributed by atoms with van der Waals surface area (Å²) in [6.45, 7) is 2.04. The summed E-state index contributed by atoms with van der Waals surface area (Å²) in [6, 6.07) is 4.17. The first-order valence-electron chi connectivity index (χ1n) is 8.02. The standard InChI is InChI=1S/C18H24NO3/c1-19(2)10-9-18-8-4-5-13(20)17(18)22-16-14(21-3)7-6-12(11-19)15(16)18/h4,6-8,13,17,20H,5,9-11H2,1-3H3/q+1/t13-,17-,18+/m1/s1. The summed E-state index contributed by atoms with van der Waals surface area (Å²) < 4.78 is 12.7. The monoisotopic (exact) mass is 302 g/mol. The molecule has 1 N–H and O–H groups in total. The number of methoxy groups -OCH3 is 1. The average Bonchev–Trinajstić information content (AvgIpc) is 2.78. The summed E-state index contributed by atoms with van der Waals surface area (Å²) in [5.74, 6) is 1.62. The van der Waals surface area contributed by atoms with E-state index in [1.54, 1.807) is 7.11 Å². The lowest BCUT2D eigenvalue weighted by molar-refractivity contribution is -0.903. The van der Waals surface area contributed by atoms with Crippen LogP contribution in [0.1, 0.15) is 24.0 Å². The van der Waals surface area contributed by atoms with Crippen LogP contribution in [0, 0.1) is 0 Å². The van der Waals surface area contributed by atoms with Gasteiger partial charge in [0.15, 0.2) is 11.5 Å². The van der Waals surface area contributed by atoms with Crippen LogP contribution in [0.15, 0.2) is 24.3 Å². The molecule has 4 heteroatoms. The van der Waals surface area contributed by atoms with Crippen LogP contribution in [0.25, 0.3) is 0 Å². The topological polar surface area (TPSA) is 38.7 Å². The summed E-state index contributed by atoms with van der Waals surface area (Å²) in [4.78, 5) is 0. The van der Waals surface area contributed by atoms with Gasteiger partial charge >= 0.3 is 0 Å². The Balaban J connectivity index is 1.98. The number of benzene rings is 1. The predicted molar refractivity (Wildman–Crippen MR) is 84.1 cm³/mol. The Morgan fingerprint density at radius 1 is 1.36 bits per heavy atom. The Kier molecular flexibility index (Phi) is 2.88. The van der Waals surface area contributed by atoms with Crippen molar-refractivity contribution in [2.45, 2.75) is 37.0 Å². The number of quaternary nitrogens is 1. The van der Waals surface area contributed by atoms with Crippen LogP contribution < -0.4 is 9.47 Å². The zero-order valence-electron chi connectivity index (χ0n) is 13.5. The molecule has 0 aromatic heterocycles. The highest BCUT2D eigenvalue weighted by Gasteiger charge is 2.56. The van der Waals surface area contributed by atoms with E-state index in [2.05, 4.69) is 32.3 Å². The predicted octanol–water partition coefficient (Wildman–Crippen LogP) is 1.99.